The summed E-state index contributed by atoms with van der Waals surface area (Å²) in [4.78, 5) is 13.9. The maximum Gasteiger partial charge on any atom is 0.417 e. The van der Waals surface area contributed by atoms with Crippen molar-refractivity contribution >= 4 is 21.8 Å². The summed E-state index contributed by atoms with van der Waals surface area (Å²) in [7, 11) is 0. The number of rotatable bonds is 2. The molecule has 0 saturated carbocycles. The Kier molecular flexibility index (Phi) is 4.29. The zero-order chi connectivity index (χ0) is 20.3. The quantitative estimate of drug-likeness (QED) is 0.647. The second-order valence-electron chi connectivity index (χ2n) is 6.31. The minimum atomic E-state index is -4.86. The first-order valence-corrected chi connectivity index (χ1v) is 7.79. The van der Waals surface area contributed by atoms with Gasteiger partial charge in [-0.3, -0.25) is 4.79 Å². The third-order valence-corrected chi connectivity index (χ3v) is 4.64. The van der Waals surface area contributed by atoms with Gasteiger partial charge in [0.15, 0.2) is 6.10 Å². The number of aliphatic hydroxyl groups is 1. The van der Waals surface area contributed by atoms with Crippen molar-refractivity contribution in [1.29, 1.82) is 0 Å². The van der Waals surface area contributed by atoms with E-state index in [1.807, 2.05) is 0 Å². The Balaban J connectivity index is 2.40. The van der Waals surface area contributed by atoms with Crippen LogP contribution in [0.1, 0.15) is 16.8 Å². The lowest BCUT2D eigenvalue weighted by Crippen LogP contribution is -2.33. The predicted octanol–water partition coefficient (Wildman–Crippen LogP) is 4.04. The molecule has 0 amide bonds. The Hall–Kier alpha value is -2.49. The first kappa shape index (κ1) is 19.3. The van der Waals surface area contributed by atoms with Crippen molar-refractivity contribution < 1.29 is 31.4 Å². The summed E-state index contributed by atoms with van der Waals surface area (Å²) in [6.45, 7) is 2.10. The van der Waals surface area contributed by atoms with Gasteiger partial charge in [0, 0.05) is 33.6 Å². The van der Waals surface area contributed by atoms with Crippen molar-refractivity contribution in [3.8, 4) is 0 Å². The molecular weight excluding hydrogens is 378 g/mol. The van der Waals surface area contributed by atoms with Gasteiger partial charge in [-0.05, 0) is 31.5 Å². The van der Waals surface area contributed by atoms with Gasteiger partial charge in [0.1, 0.15) is 0 Å². The molecule has 3 aromatic rings. The molecular formula is C17H14F6N2O2. The van der Waals surface area contributed by atoms with Gasteiger partial charge in [-0.2, -0.15) is 26.3 Å². The third kappa shape index (κ3) is 3.18. The molecule has 4 nitrogen and oxygen atoms in total. The first-order valence-electron chi connectivity index (χ1n) is 7.79. The predicted molar refractivity (Wildman–Crippen MR) is 86.6 cm³/mol. The Bertz CT molecular complexity index is 1090. The van der Waals surface area contributed by atoms with Crippen molar-refractivity contribution in [2.75, 3.05) is 0 Å². The van der Waals surface area contributed by atoms with Crippen LogP contribution in [0, 0.1) is 13.8 Å². The summed E-state index contributed by atoms with van der Waals surface area (Å²) >= 11 is 0. The second-order valence-corrected chi connectivity index (χ2v) is 6.31. The third-order valence-electron chi connectivity index (χ3n) is 4.64. The Labute approximate surface area is 148 Å². The highest BCUT2D eigenvalue weighted by atomic mass is 19.4. The molecule has 1 atom stereocenters. The van der Waals surface area contributed by atoms with Gasteiger partial charge in [-0.25, -0.2) is 0 Å². The number of hydrogen-bond acceptors (Lipinski definition) is 2. The molecule has 0 bridgehead atoms. The van der Waals surface area contributed by atoms with E-state index in [0.717, 1.165) is 4.57 Å². The van der Waals surface area contributed by atoms with E-state index in [9.17, 15) is 36.2 Å². The number of alkyl halides is 6. The van der Waals surface area contributed by atoms with Crippen molar-refractivity contribution in [3.05, 3.63) is 45.4 Å². The fourth-order valence-electron chi connectivity index (χ4n) is 3.25. The number of aliphatic hydroxyl groups excluding tert-OH is 1. The molecule has 2 heterocycles. The summed E-state index contributed by atoms with van der Waals surface area (Å²) in [5.41, 5.74) is -1.43. The summed E-state index contributed by atoms with van der Waals surface area (Å²) in [6.07, 6.45) is -12.4. The van der Waals surface area contributed by atoms with Gasteiger partial charge in [0.2, 0.25) is 5.56 Å². The van der Waals surface area contributed by atoms with Crippen LogP contribution in [0.15, 0.2) is 23.0 Å². The topological polar surface area (TPSA) is 58.0 Å². The van der Waals surface area contributed by atoms with E-state index in [-0.39, 0.29) is 21.8 Å². The lowest BCUT2D eigenvalue weighted by Gasteiger charge is -2.17. The Morgan fingerprint density at radius 3 is 2.30 bits per heavy atom. The minimum absolute atomic E-state index is 0.0704. The SMILES string of the molecule is Cc1c(C)n(C[C@@H](O)C(F)(F)F)c2ccc3[nH]c(=O)cc(C(F)(F)F)c3c12. The molecule has 27 heavy (non-hydrogen) atoms. The molecule has 3 rings (SSSR count). The second kappa shape index (κ2) is 6.01. The summed E-state index contributed by atoms with van der Waals surface area (Å²) in [6, 6.07) is 2.97. The monoisotopic (exact) mass is 392 g/mol. The first-order chi connectivity index (χ1) is 12.3. The number of aromatic amines is 1. The molecule has 0 fully saturated rings. The van der Waals surface area contributed by atoms with E-state index in [1.165, 1.54) is 26.0 Å². The van der Waals surface area contributed by atoms with Crippen LogP contribution in [-0.4, -0.2) is 26.9 Å². The molecule has 0 unspecified atom stereocenters. The average molecular weight is 392 g/mol. The molecule has 0 radical (unpaired) electrons. The van der Waals surface area contributed by atoms with E-state index < -0.39 is 36.1 Å². The number of benzene rings is 1. The van der Waals surface area contributed by atoms with E-state index in [4.69, 9.17) is 0 Å². The van der Waals surface area contributed by atoms with Crippen molar-refractivity contribution in [2.24, 2.45) is 0 Å². The van der Waals surface area contributed by atoms with Crippen LogP contribution in [0.5, 0.6) is 0 Å². The molecule has 0 aliphatic carbocycles. The number of aryl methyl sites for hydroxylation is 1. The Morgan fingerprint density at radius 1 is 1.11 bits per heavy atom. The summed E-state index contributed by atoms with van der Waals surface area (Å²) in [5.74, 6) is 0. The molecule has 0 aliphatic rings. The largest absolute Gasteiger partial charge is 0.417 e. The highest BCUT2D eigenvalue weighted by Gasteiger charge is 2.39. The lowest BCUT2D eigenvalue weighted by atomic mass is 10.0. The molecule has 10 heteroatoms. The number of fused-ring (bicyclic) bond motifs is 3. The van der Waals surface area contributed by atoms with E-state index in [0.29, 0.717) is 17.3 Å². The molecule has 0 saturated heterocycles. The molecule has 2 aromatic heterocycles. The maximum absolute atomic E-state index is 13.5. The molecule has 0 aliphatic heterocycles. The van der Waals surface area contributed by atoms with Crippen LogP contribution in [-0.2, 0) is 12.7 Å². The number of aromatic nitrogens is 2. The van der Waals surface area contributed by atoms with Crippen molar-refractivity contribution in [3.63, 3.8) is 0 Å². The number of hydrogen-bond donors (Lipinski definition) is 2. The van der Waals surface area contributed by atoms with Crippen LogP contribution in [0.25, 0.3) is 21.8 Å². The fraction of sp³-hybridized carbons (Fsp3) is 0.353. The van der Waals surface area contributed by atoms with Crippen molar-refractivity contribution in [2.45, 2.75) is 38.8 Å². The van der Waals surface area contributed by atoms with Crippen molar-refractivity contribution in [1.82, 2.24) is 9.55 Å². The van der Waals surface area contributed by atoms with Crippen LogP contribution in [0.4, 0.5) is 26.3 Å². The zero-order valence-corrected chi connectivity index (χ0v) is 14.1. The zero-order valence-electron chi connectivity index (χ0n) is 14.1. The number of H-pyrrole nitrogens is 1. The molecule has 1 aromatic carbocycles. The average Bonchev–Trinajstić information content (AvgIpc) is 2.77. The number of halogens is 6. The fourth-order valence-corrected chi connectivity index (χ4v) is 3.25. The standard InChI is InChI=1S/C17H14F6N2O2/c1-7-8(2)25(6-12(26)17(21,22)23)11-4-3-10-15(14(7)11)9(16(18,19)20)5-13(27)24-10/h3-5,12,26H,6H2,1-2H3,(H,24,27)/t12-/m1/s1. The van der Waals surface area contributed by atoms with Gasteiger partial charge in [0.05, 0.1) is 12.1 Å². The number of nitrogens with one attached hydrogen (secondary N) is 1. The van der Waals surface area contributed by atoms with Gasteiger partial charge < -0.3 is 14.7 Å². The van der Waals surface area contributed by atoms with E-state index in [1.54, 1.807) is 0 Å². The van der Waals surface area contributed by atoms with Crippen LogP contribution < -0.4 is 5.56 Å². The summed E-state index contributed by atoms with van der Waals surface area (Å²) in [5, 5.41) is 9.19. The van der Waals surface area contributed by atoms with Crippen LogP contribution >= 0.6 is 0 Å². The smallest absolute Gasteiger partial charge is 0.382 e. The molecule has 2 N–H and O–H groups in total. The van der Waals surface area contributed by atoms with Gasteiger partial charge in [-0.1, -0.05) is 0 Å². The maximum atomic E-state index is 13.5. The lowest BCUT2D eigenvalue weighted by molar-refractivity contribution is -0.207. The Morgan fingerprint density at radius 2 is 1.74 bits per heavy atom. The number of pyridine rings is 1. The van der Waals surface area contributed by atoms with E-state index >= 15 is 0 Å². The molecule has 0 spiro atoms. The highest BCUT2D eigenvalue weighted by molar-refractivity contribution is 6.09. The van der Waals surface area contributed by atoms with Crippen LogP contribution in [0.3, 0.4) is 0 Å². The van der Waals surface area contributed by atoms with Gasteiger partial charge in [0.25, 0.3) is 0 Å². The number of nitrogens with zero attached hydrogens (tertiary/aromatic N) is 1. The van der Waals surface area contributed by atoms with Crippen LogP contribution in [0.2, 0.25) is 0 Å². The molecule has 146 valence electrons. The minimum Gasteiger partial charge on any atom is -0.382 e. The van der Waals surface area contributed by atoms with E-state index in [2.05, 4.69) is 4.98 Å². The normalized spacial score (nSPS) is 14.3. The van der Waals surface area contributed by atoms with Gasteiger partial charge >= 0.3 is 12.4 Å². The highest BCUT2D eigenvalue weighted by Crippen LogP contribution is 2.39. The van der Waals surface area contributed by atoms with Gasteiger partial charge in [-0.15, -0.1) is 0 Å². The summed E-state index contributed by atoms with van der Waals surface area (Å²) < 4.78 is 79.8.